The molecule has 3 rings (SSSR count). The molecular formula is C21H23ClN2O2. The van der Waals surface area contributed by atoms with Crippen LogP contribution in [0.25, 0.3) is 0 Å². The van der Waals surface area contributed by atoms with Crippen molar-refractivity contribution in [1.29, 1.82) is 0 Å². The van der Waals surface area contributed by atoms with Gasteiger partial charge in [-0.15, -0.1) is 0 Å². The van der Waals surface area contributed by atoms with Crippen LogP contribution in [0.3, 0.4) is 0 Å². The van der Waals surface area contributed by atoms with Gasteiger partial charge in [-0.3, -0.25) is 14.7 Å². The third-order valence-corrected chi connectivity index (χ3v) is 4.63. The van der Waals surface area contributed by atoms with Gasteiger partial charge in [0.25, 0.3) is 5.91 Å². The summed E-state index contributed by atoms with van der Waals surface area (Å²) < 4.78 is 5.86. The molecule has 0 aromatic heterocycles. The maximum Gasteiger partial charge on any atom is 0.268 e. The number of amides is 1. The lowest BCUT2D eigenvalue weighted by Gasteiger charge is -2.23. The van der Waals surface area contributed by atoms with Crippen molar-refractivity contribution < 1.29 is 9.53 Å². The van der Waals surface area contributed by atoms with E-state index >= 15 is 0 Å². The van der Waals surface area contributed by atoms with Crippen molar-refractivity contribution in [3.05, 3.63) is 64.7 Å². The SMILES string of the molecule is CC(Oc1ccc(C(C)C)cc1)C(=O)N1CCN=C1c1cccc(Cl)c1. The fraction of sp³-hybridized carbons (Fsp3) is 0.333. The molecule has 26 heavy (non-hydrogen) atoms. The van der Waals surface area contributed by atoms with Gasteiger partial charge in [0, 0.05) is 17.1 Å². The lowest BCUT2D eigenvalue weighted by Crippen LogP contribution is -2.42. The van der Waals surface area contributed by atoms with Gasteiger partial charge in [0.15, 0.2) is 6.10 Å². The van der Waals surface area contributed by atoms with Gasteiger partial charge in [0.05, 0.1) is 6.54 Å². The van der Waals surface area contributed by atoms with Crippen LogP contribution in [0, 0.1) is 0 Å². The first-order valence-corrected chi connectivity index (χ1v) is 9.22. The average molecular weight is 371 g/mol. The molecule has 1 atom stereocenters. The first-order valence-electron chi connectivity index (χ1n) is 8.84. The molecule has 2 aromatic carbocycles. The minimum Gasteiger partial charge on any atom is -0.481 e. The predicted molar refractivity (Wildman–Crippen MR) is 105 cm³/mol. The predicted octanol–water partition coefficient (Wildman–Crippen LogP) is 4.52. The molecule has 0 N–H and O–H groups in total. The molecule has 0 radical (unpaired) electrons. The molecule has 0 aliphatic carbocycles. The van der Waals surface area contributed by atoms with Gasteiger partial charge in [-0.25, -0.2) is 0 Å². The van der Waals surface area contributed by atoms with Crippen molar-refractivity contribution in [1.82, 2.24) is 4.90 Å². The van der Waals surface area contributed by atoms with Crippen molar-refractivity contribution in [3.63, 3.8) is 0 Å². The van der Waals surface area contributed by atoms with Gasteiger partial charge in [-0.05, 0) is 42.7 Å². The number of nitrogens with zero attached hydrogens (tertiary/aromatic N) is 2. The Bertz CT molecular complexity index is 815. The second-order valence-corrected chi connectivity index (χ2v) is 7.13. The molecule has 1 aliphatic heterocycles. The van der Waals surface area contributed by atoms with Crippen LogP contribution in [0.2, 0.25) is 5.02 Å². The zero-order valence-corrected chi connectivity index (χ0v) is 16.0. The number of carbonyl (C=O) groups excluding carboxylic acids is 1. The summed E-state index contributed by atoms with van der Waals surface area (Å²) in [6.07, 6.45) is -0.595. The summed E-state index contributed by atoms with van der Waals surface area (Å²) >= 11 is 6.07. The van der Waals surface area contributed by atoms with Crippen molar-refractivity contribution in [3.8, 4) is 5.75 Å². The topological polar surface area (TPSA) is 41.9 Å². The van der Waals surface area contributed by atoms with Crippen molar-refractivity contribution in [2.45, 2.75) is 32.8 Å². The highest BCUT2D eigenvalue weighted by molar-refractivity contribution is 6.31. The molecule has 0 saturated carbocycles. The summed E-state index contributed by atoms with van der Waals surface area (Å²) in [6, 6.07) is 15.3. The fourth-order valence-electron chi connectivity index (χ4n) is 2.94. The maximum atomic E-state index is 12.9. The Morgan fingerprint density at radius 3 is 2.54 bits per heavy atom. The van der Waals surface area contributed by atoms with Crippen LogP contribution in [-0.2, 0) is 4.79 Å². The Morgan fingerprint density at radius 1 is 1.15 bits per heavy atom. The van der Waals surface area contributed by atoms with E-state index in [2.05, 4.69) is 18.8 Å². The molecule has 1 unspecified atom stereocenters. The Morgan fingerprint density at radius 2 is 1.88 bits per heavy atom. The molecule has 0 spiro atoms. The van der Waals surface area contributed by atoms with Crippen molar-refractivity contribution in [2.24, 2.45) is 4.99 Å². The Labute approximate surface area is 159 Å². The van der Waals surface area contributed by atoms with E-state index in [4.69, 9.17) is 16.3 Å². The third kappa shape index (κ3) is 4.07. The van der Waals surface area contributed by atoms with E-state index in [9.17, 15) is 4.79 Å². The fourth-order valence-corrected chi connectivity index (χ4v) is 3.13. The quantitative estimate of drug-likeness (QED) is 0.776. The van der Waals surface area contributed by atoms with E-state index in [-0.39, 0.29) is 5.91 Å². The monoisotopic (exact) mass is 370 g/mol. The number of hydrogen-bond acceptors (Lipinski definition) is 3. The first-order chi connectivity index (χ1) is 12.5. The normalized spacial score (nSPS) is 15.1. The Hall–Kier alpha value is -2.33. The van der Waals surface area contributed by atoms with Gasteiger partial charge in [-0.1, -0.05) is 49.7 Å². The number of carbonyl (C=O) groups is 1. The molecule has 1 aliphatic rings. The minimum absolute atomic E-state index is 0.103. The lowest BCUT2D eigenvalue weighted by molar-refractivity contribution is -0.133. The summed E-state index contributed by atoms with van der Waals surface area (Å²) in [5.41, 5.74) is 2.09. The second-order valence-electron chi connectivity index (χ2n) is 6.69. The van der Waals surface area contributed by atoms with Crippen LogP contribution >= 0.6 is 11.6 Å². The van der Waals surface area contributed by atoms with Crippen LogP contribution in [0.5, 0.6) is 5.75 Å². The molecule has 0 saturated heterocycles. The number of halogens is 1. The number of benzene rings is 2. The number of amidine groups is 1. The highest BCUT2D eigenvalue weighted by Crippen LogP contribution is 2.21. The van der Waals surface area contributed by atoms with Crippen LogP contribution in [0.4, 0.5) is 0 Å². The maximum absolute atomic E-state index is 12.9. The summed E-state index contributed by atoms with van der Waals surface area (Å²) in [5, 5.41) is 0.624. The Kier molecular flexibility index (Phi) is 5.62. The summed E-state index contributed by atoms with van der Waals surface area (Å²) in [4.78, 5) is 19.0. The number of rotatable bonds is 5. The molecule has 0 bridgehead atoms. The highest BCUT2D eigenvalue weighted by Gasteiger charge is 2.29. The highest BCUT2D eigenvalue weighted by atomic mass is 35.5. The largest absolute Gasteiger partial charge is 0.481 e. The molecule has 0 fully saturated rings. The van der Waals surface area contributed by atoms with Gasteiger partial charge < -0.3 is 4.74 Å². The first kappa shape index (κ1) is 18.5. The zero-order valence-electron chi connectivity index (χ0n) is 15.3. The number of ether oxygens (including phenoxy) is 1. The van der Waals surface area contributed by atoms with Crippen LogP contribution < -0.4 is 4.74 Å². The van der Waals surface area contributed by atoms with E-state index in [0.29, 0.717) is 35.6 Å². The molecule has 4 nitrogen and oxygen atoms in total. The molecular weight excluding hydrogens is 348 g/mol. The van der Waals surface area contributed by atoms with Gasteiger partial charge in [0.2, 0.25) is 0 Å². The number of aliphatic imine (C=N–C) groups is 1. The summed E-state index contributed by atoms with van der Waals surface area (Å²) in [5.74, 6) is 1.71. The van der Waals surface area contributed by atoms with E-state index < -0.39 is 6.10 Å². The molecule has 2 aromatic rings. The average Bonchev–Trinajstić information content (AvgIpc) is 3.11. The summed E-state index contributed by atoms with van der Waals surface area (Å²) in [7, 11) is 0. The second kappa shape index (κ2) is 7.92. The minimum atomic E-state index is -0.595. The van der Waals surface area contributed by atoms with Crippen LogP contribution in [-0.4, -0.2) is 35.8 Å². The number of hydrogen-bond donors (Lipinski definition) is 0. The summed E-state index contributed by atoms with van der Waals surface area (Å²) in [6.45, 7) is 7.20. The van der Waals surface area contributed by atoms with Crippen molar-refractivity contribution >= 4 is 23.3 Å². The van der Waals surface area contributed by atoms with Gasteiger partial charge in [0.1, 0.15) is 11.6 Å². The van der Waals surface area contributed by atoms with E-state index in [1.54, 1.807) is 17.9 Å². The van der Waals surface area contributed by atoms with E-state index in [1.807, 2.05) is 42.5 Å². The molecule has 1 amide bonds. The van der Waals surface area contributed by atoms with Crippen LogP contribution in [0.15, 0.2) is 53.5 Å². The smallest absolute Gasteiger partial charge is 0.268 e. The van der Waals surface area contributed by atoms with Gasteiger partial charge in [-0.2, -0.15) is 0 Å². The standard InChI is InChI=1S/C21H23ClN2O2/c1-14(2)16-7-9-19(10-8-16)26-15(3)21(25)24-12-11-23-20(24)17-5-4-6-18(22)13-17/h4-10,13-15H,11-12H2,1-3H3. The molecule has 136 valence electrons. The van der Waals surface area contributed by atoms with E-state index in [0.717, 1.165) is 5.56 Å². The Balaban J connectivity index is 1.70. The molecule has 1 heterocycles. The lowest BCUT2D eigenvalue weighted by atomic mass is 10.0. The molecule has 5 heteroatoms. The zero-order chi connectivity index (χ0) is 18.7. The van der Waals surface area contributed by atoms with Crippen LogP contribution in [0.1, 0.15) is 37.8 Å². The van der Waals surface area contributed by atoms with Crippen molar-refractivity contribution in [2.75, 3.05) is 13.1 Å². The third-order valence-electron chi connectivity index (χ3n) is 4.40. The van der Waals surface area contributed by atoms with E-state index in [1.165, 1.54) is 5.56 Å². The van der Waals surface area contributed by atoms with Gasteiger partial charge >= 0.3 is 0 Å².